The molecular formula is C4H2BrLiN2. The summed E-state index contributed by atoms with van der Waals surface area (Å²) in [6.45, 7) is 0. The van der Waals surface area contributed by atoms with Gasteiger partial charge in [0.25, 0.3) is 0 Å². The van der Waals surface area contributed by atoms with E-state index in [1.165, 1.54) is 0 Å². The van der Waals surface area contributed by atoms with Gasteiger partial charge in [-0.3, -0.25) is 4.98 Å². The predicted molar refractivity (Wildman–Crippen MR) is 28.6 cm³/mol. The van der Waals surface area contributed by atoms with Crippen molar-refractivity contribution in [1.29, 1.82) is 0 Å². The molecule has 0 saturated heterocycles. The molecule has 1 aromatic rings. The third kappa shape index (κ3) is 2.46. The fourth-order valence-corrected chi connectivity index (χ4v) is 0.472. The first-order chi connectivity index (χ1) is 3.39. The van der Waals surface area contributed by atoms with Crippen LogP contribution < -0.4 is 18.9 Å². The zero-order valence-corrected chi connectivity index (χ0v) is 6.01. The van der Waals surface area contributed by atoms with Crippen LogP contribution in [0, 0.1) is 6.20 Å². The molecule has 1 aromatic heterocycles. The summed E-state index contributed by atoms with van der Waals surface area (Å²) in [7, 11) is 0. The van der Waals surface area contributed by atoms with Crippen LogP contribution in [-0.4, -0.2) is 9.97 Å². The molecule has 1 rings (SSSR count). The molecule has 0 aliphatic carbocycles. The summed E-state index contributed by atoms with van der Waals surface area (Å²) in [5, 5.41) is 0. The Morgan fingerprint density at radius 2 is 2.25 bits per heavy atom. The maximum absolute atomic E-state index is 3.78. The third-order valence-corrected chi connectivity index (χ3v) is 0.868. The number of rotatable bonds is 0. The van der Waals surface area contributed by atoms with Gasteiger partial charge in [-0.15, -0.1) is 12.4 Å². The molecule has 8 heavy (non-hydrogen) atoms. The van der Waals surface area contributed by atoms with Crippen LogP contribution in [0.15, 0.2) is 17.0 Å². The number of nitrogens with zero attached hydrogens (tertiary/aromatic N) is 2. The average molecular weight is 165 g/mol. The average Bonchev–Trinajstić information content (AvgIpc) is 1.69. The van der Waals surface area contributed by atoms with Crippen molar-refractivity contribution in [1.82, 2.24) is 9.97 Å². The Labute approximate surface area is 68.0 Å². The summed E-state index contributed by atoms with van der Waals surface area (Å²) < 4.78 is 0.648. The zero-order valence-electron chi connectivity index (χ0n) is 4.43. The molecule has 0 amide bonds. The van der Waals surface area contributed by atoms with Crippen molar-refractivity contribution in [3.05, 3.63) is 23.2 Å². The van der Waals surface area contributed by atoms with Crippen LogP contribution in [0.4, 0.5) is 0 Å². The predicted octanol–water partition coefficient (Wildman–Crippen LogP) is -1.96. The van der Waals surface area contributed by atoms with Crippen LogP contribution in [0.5, 0.6) is 0 Å². The molecule has 0 radical (unpaired) electrons. The zero-order chi connectivity index (χ0) is 5.11. The van der Waals surface area contributed by atoms with Gasteiger partial charge in [0.05, 0.1) is 0 Å². The van der Waals surface area contributed by atoms with E-state index in [0.29, 0.717) is 4.60 Å². The molecular weight excluding hydrogens is 163 g/mol. The Balaban J connectivity index is 0.000000490. The second-order valence-electron chi connectivity index (χ2n) is 0.959. The standard InChI is InChI=1S/C4H2BrN2.Li/c5-4-3-6-1-2-7-4;/h1-2H;/q-1;+1. The summed E-state index contributed by atoms with van der Waals surface area (Å²) in [6, 6.07) is 0. The van der Waals surface area contributed by atoms with E-state index in [0.717, 1.165) is 0 Å². The molecule has 36 valence electrons. The first-order valence-corrected chi connectivity index (χ1v) is 2.53. The maximum atomic E-state index is 3.78. The van der Waals surface area contributed by atoms with Gasteiger partial charge in [0.2, 0.25) is 0 Å². The first kappa shape index (κ1) is 8.16. The fraction of sp³-hybridized carbons (Fsp3) is 0. The van der Waals surface area contributed by atoms with E-state index in [1.54, 1.807) is 12.4 Å². The molecule has 0 atom stereocenters. The van der Waals surface area contributed by atoms with Crippen molar-refractivity contribution in [2.45, 2.75) is 0 Å². The summed E-state index contributed by atoms with van der Waals surface area (Å²) in [5.74, 6) is 0. The minimum absolute atomic E-state index is 0. The summed E-state index contributed by atoms with van der Waals surface area (Å²) in [5.41, 5.74) is 0. The van der Waals surface area contributed by atoms with E-state index >= 15 is 0 Å². The van der Waals surface area contributed by atoms with Crippen molar-refractivity contribution in [3.63, 3.8) is 0 Å². The molecule has 0 saturated carbocycles. The summed E-state index contributed by atoms with van der Waals surface area (Å²) in [6.07, 6.45) is 5.76. The van der Waals surface area contributed by atoms with E-state index in [9.17, 15) is 0 Å². The van der Waals surface area contributed by atoms with Gasteiger partial charge in [0.15, 0.2) is 0 Å². The Bertz CT molecular complexity index is 144. The van der Waals surface area contributed by atoms with Gasteiger partial charge in [-0.25, -0.2) is 0 Å². The largest absolute Gasteiger partial charge is 1.00 e. The van der Waals surface area contributed by atoms with Crippen LogP contribution in [0.3, 0.4) is 0 Å². The molecule has 0 N–H and O–H groups in total. The van der Waals surface area contributed by atoms with Crippen molar-refractivity contribution in [2.24, 2.45) is 0 Å². The quantitative estimate of drug-likeness (QED) is 0.329. The van der Waals surface area contributed by atoms with Gasteiger partial charge in [0, 0.05) is 4.60 Å². The summed E-state index contributed by atoms with van der Waals surface area (Å²) >= 11 is 3.08. The van der Waals surface area contributed by atoms with Crippen molar-refractivity contribution < 1.29 is 18.9 Å². The number of halogens is 1. The second kappa shape index (κ2) is 4.08. The van der Waals surface area contributed by atoms with Crippen LogP contribution in [0.1, 0.15) is 0 Å². The summed E-state index contributed by atoms with van der Waals surface area (Å²) in [4.78, 5) is 7.43. The fourth-order valence-electron chi connectivity index (χ4n) is 0.252. The minimum Gasteiger partial charge on any atom is -0.455 e. The smallest absolute Gasteiger partial charge is 0.455 e. The Hall–Kier alpha value is 0.157. The normalized spacial score (nSPS) is 7.62. The Kier molecular flexibility index (Phi) is 4.16. The Morgan fingerprint density at radius 3 is 2.50 bits per heavy atom. The van der Waals surface area contributed by atoms with Gasteiger partial charge in [0.1, 0.15) is 0 Å². The van der Waals surface area contributed by atoms with Gasteiger partial charge >= 0.3 is 18.9 Å². The van der Waals surface area contributed by atoms with Crippen molar-refractivity contribution >= 4 is 15.9 Å². The Morgan fingerprint density at radius 1 is 1.50 bits per heavy atom. The monoisotopic (exact) mass is 164 g/mol. The van der Waals surface area contributed by atoms with Crippen LogP contribution in [0.2, 0.25) is 0 Å². The SMILES string of the molecule is Brc1[c-]nccn1.[Li+]. The van der Waals surface area contributed by atoms with E-state index in [-0.39, 0.29) is 18.9 Å². The second-order valence-corrected chi connectivity index (χ2v) is 1.71. The number of hydrogen-bond donors (Lipinski definition) is 0. The molecule has 0 bridgehead atoms. The number of hydrogen-bond acceptors (Lipinski definition) is 2. The molecule has 0 fully saturated rings. The molecule has 2 nitrogen and oxygen atoms in total. The molecule has 0 aliphatic heterocycles. The van der Waals surface area contributed by atoms with Crippen molar-refractivity contribution in [2.75, 3.05) is 0 Å². The van der Waals surface area contributed by atoms with Crippen LogP contribution >= 0.6 is 15.9 Å². The molecule has 4 heteroatoms. The van der Waals surface area contributed by atoms with Gasteiger partial charge in [-0.1, -0.05) is 15.9 Å². The maximum Gasteiger partial charge on any atom is 1.00 e. The molecule has 0 aliphatic rings. The van der Waals surface area contributed by atoms with Gasteiger partial charge < -0.3 is 4.98 Å². The molecule has 1 heterocycles. The van der Waals surface area contributed by atoms with E-state index in [4.69, 9.17) is 0 Å². The number of aromatic nitrogens is 2. The molecule has 0 unspecified atom stereocenters. The first-order valence-electron chi connectivity index (χ1n) is 1.74. The van der Waals surface area contributed by atoms with Gasteiger partial charge in [-0.05, 0) is 6.20 Å². The molecule has 0 aromatic carbocycles. The van der Waals surface area contributed by atoms with E-state index in [1.807, 2.05) is 0 Å². The third-order valence-electron chi connectivity index (χ3n) is 0.486. The van der Waals surface area contributed by atoms with E-state index in [2.05, 4.69) is 32.1 Å². The van der Waals surface area contributed by atoms with Gasteiger partial charge in [-0.2, -0.15) is 0 Å². The topological polar surface area (TPSA) is 25.8 Å². The van der Waals surface area contributed by atoms with Crippen LogP contribution in [0.25, 0.3) is 0 Å². The minimum atomic E-state index is 0. The van der Waals surface area contributed by atoms with E-state index < -0.39 is 0 Å². The molecule has 0 spiro atoms. The van der Waals surface area contributed by atoms with Crippen LogP contribution in [-0.2, 0) is 0 Å². The van der Waals surface area contributed by atoms with Crippen molar-refractivity contribution in [3.8, 4) is 0 Å².